The number of aromatic nitrogens is 5. The average Bonchev–Trinajstić information content (AvgIpc) is 3.90. The monoisotopic (exact) mass is 761 g/mol. The van der Waals surface area contributed by atoms with Crippen LogP contribution in [0, 0.1) is 0 Å². The van der Waals surface area contributed by atoms with E-state index in [1.807, 2.05) is 6.92 Å². The number of carbonyl (C=O) groups is 2. The molecule has 2 aliphatic rings. The van der Waals surface area contributed by atoms with Crippen LogP contribution in [0.1, 0.15) is 45.1 Å². The molecule has 4 aromatic heterocycles. The first-order chi connectivity index (χ1) is 25.9. The third kappa shape index (κ3) is 8.17. The van der Waals surface area contributed by atoms with Crippen LogP contribution < -0.4 is 33.6 Å². The van der Waals surface area contributed by atoms with Gasteiger partial charge in [0.15, 0.2) is 18.1 Å². The number of ether oxygens (including phenoxy) is 2. The van der Waals surface area contributed by atoms with Gasteiger partial charge in [-0.15, -0.1) is 0 Å². The Kier molecular flexibility index (Phi) is 13.2. The van der Waals surface area contributed by atoms with Crippen LogP contribution in [0.3, 0.4) is 0 Å². The lowest BCUT2D eigenvalue weighted by Gasteiger charge is -2.24. The molecule has 4 aromatic rings. The highest BCUT2D eigenvalue weighted by molar-refractivity contribution is 5.94. The van der Waals surface area contributed by atoms with E-state index in [4.69, 9.17) is 32.4 Å². The zero-order valence-electron chi connectivity index (χ0n) is 29.5. The summed E-state index contributed by atoms with van der Waals surface area (Å²) in [5, 5.41) is 55.9. The number of fused-ring (bicyclic) bond motifs is 2. The van der Waals surface area contributed by atoms with E-state index in [9.17, 15) is 39.5 Å². The highest BCUT2D eigenvalue weighted by Gasteiger charge is 2.47. The zero-order valence-corrected chi connectivity index (χ0v) is 29.5. The van der Waals surface area contributed by atoms with Crippen LogP contribution in [0.2, 0.25) is 0 Å². The number of amides is 2. The summed E-state index contributed by atoms with van der Waals surface area (Å²) in [5.41, 5.74) is 25.4. The first-order valence-corrected chi connectivity index (χ1v) is 17.4. The number of alkyl halides is 1. The summed E-state index contributed by atoms with van der Waals surface area (Å²) in [4.78, 5) is 37.4. The number of hydrogen-bond acceptors (Lipinski definition) is 16. The molecule has 0 spiro atoms. The summed E-state index contributed by atoms with van der Waals surface area (Å²) in [6.45, 7) is 0.460. The lowest BCUT2D eigenvalue weighted by atomic mass is 10.1. The smallest absolute Gasteiger partial charge is 0.237 e. The van der Waals surface area contributed by atoms with Gasteiger partial charge in [0, 0.05) is 18.1 Å². The van der Waals surface area contributed by atoms with E-state index in [1.165, 1.54) is 34.1 Å². The molecule has 2 amide bonds. The van der Waals surface area contributed by atoms with Gasteiger partial charge in [-0.25, -0.2) is 15.0 Å². The summed E-state index contributed by atoms with van der Waals surface area (Å²) in [7, 11) is 0. The average molecular weight is 762 g/mol. The number of imidazole rings is 1. The van der Waals surface area contributed by atoms with E-state index in [0.29, 0.717) is 40.0 Å². The first kappa shape index (κ1) is 40.4. The van der Waals surface area contributed by atoms with Gasteiger partial charge in [0.05, 0.1) is 55.6 Å². The predicted molar refractivity (Wildman–Crippen MR) is 192 cm³/mol. The van der Waals surface area contributed by atoms with Crippen LogP contribution >= 0.6 is 0 Å². The quantitative estimate of drug-likeness (QED) is 0.0703. The molecule has 6 heterocycles. The normalized spacial score (nSPS) is 26.4. The van der Waals surface area contributed by atoms with Crippen molar-refractivity contribution in [1.29, 1.82) is 0 Å². The van der Waals surface area contributed by atoms with Gasteiger partial charge in [-0.3, -0.25) is 23.1 Å². The third-order valence-electron chi connectivity index (χ3n) is 9.41. The topological polar surface area (TPSA) is 330 Å². The van der Waals surface area contributed by atoms with Crippen LogP contribution in [0.5, 0.6) is 5.75 Å². The fourth-order valence-electron chi connectivity index (χ4n) is 6.51. The molecular formula is C33H48FN11O9. The highest BCUT2D eigenvalue weighted by Crippen LogP contribution is 2.38. The summed E-state index contributed by atoms with van der Waals surface area (Å²) in [6.07, 6.45) is 1.39. The second-order valence-electron chi connectivity index (χ2n) is 13.1. The Bertz CT molecular complexity index is 1900. The molecular weight excluding hydrogens is 713 g/mol. The lowest BCUT2D eigenvalue weighted by Crippen LogP contribution is -2.51. The van der Waals surface area contributed by atoms with Crippen molar-refractivity contribution in [1.82, 2.24) is 34.7 Å². The number of nitrogens with two attached hydrogens (primary N) is 4. The Morgan fingerprint density at radius 3 is 1.96 bits per heavy atom. The Labute approximate surface area is 308 Å². The lowest BCUT2D eigenvalue weighted by molar-refractivity contribution is -0.125. The number of nitrogens with one attached hydrogen (secondary N) is 2. The summed E-state index contributed by atoms with van der Waals surface area (Å²) in [6, 6.07) is -0.294. The number of rotatable bonds is 13. The minimum atomic E-state index is -1.18. The maximum atomic E-state index is 12.4. The van der Waals surface area contributed by atoms with Gasteiger partial charge >= 0.3 is 0 Å². The fraction of sp³-hybridized carbons (Fsp3) is 0.545. The molecule has 2 saturated heterocycles. The van der Waals surface area contributed by atoms with Crippen molar-refractivity contribution in [3.05, 3.63) is 37.1 Å². The maximum Gasteiger partial charge on any atom is 0.237 e. The third-order valence-corrected chi connectivity index (χ3v) is 9.41. The fourth-order valence-corrected chi connectivity index (χ4v) is 6.51. The van der Waals surface area contributed by atoms with Crippen LogP contribution in [0.25, 0.3) is 22.2 Å². The van der Waals surface area contributed by atoms with E-state index in [0.717, 1.165) is 6.42 Å². The molecule has 0 bridgehead atoms. The highest BCUT2D eigenvalue weighted by atomic mass is 19.1. The van der Waals surface area contributed by atoms with E-state index in [1.54, 1.807) is 12.1 Å². The van der Waals surface area contributed by atoms with Gasteiger partial charge in [0.1, 0.15) is 53.4 Å². The number of carbonyl (C=O) groups excluding carboxylic acids is 2. The van der Waals surface area contributed by atoms with E-state index < -0.39 is 92.7 Å². The summed E-state index contributed by atoms with van der Waals surface area (Å²) < 4.78 is 26.8. The molecule has 2 aliphatic heterocycles. The number of aliphatic hydroxyl groups is 4. The van der Waals surface area contributed by atoms with Crippen molar-refractivity contribution in [3.8, 4) is 5.75 Å². The summed E-state index contributed by atoms with van der Waals surface area (Å²) in [5.74, 6) is -1.08. The minimum absolute atomic E-state index is 0.103. The van der Waals surface area contributed by atoms with Crippen molar-refractivity contribution in [2.75, 3.05) is 31.4 Å². The van der Waals surface area contributed by atoms with Crippen molar-refractivity contribution in [3.63, 3.8) is 0 Å². The van der Waals surface area contributed by atoms with Gasteiger partial charge in [0.25, 0.3) is 0 Å². The van der Waals surface area contributed by atoms with Crippen LogP contribution in [0.15, 0.2) is 37.1 Å². The van der Waals surface area contributed by atoms with Crippen molar-refractivity contribution < 1.29 is 49.0 Å². The molecule has 0 radical (unpaired) electrons. The number of aromatic hydroxyl groups is 1. The van der Waals surface area contributed by atoms with Crippen LogP contribution in [-0.2, 0) is 19.1 Å². The molecule has 0 aromatic carbocycles. The molecule has 10 atom stereocenters. The van der Waals surface area contributed by atoms with E-state index in [-0.39, 0.29) is 18.6 Å². The van der Waals surface area contributed by atoms with Gasteiger partial charge < -0.3 is 68.6 Å². The molecule has 4 unspecified atom stereocenters. The molecule has 20 nitrogen and oxygen atoms in total. The van der Waals surface area contributed by atoms with Gasteiger partial charge in [0.2, 0.25) is 11.8 Å². The number of hydrogen-bond donors (Lipinski definition) is 11. The second-order valence-corrected chi connectivity index (χ2v) is 13.1. The Balaban J connectivity index is 0.000000208. The summed E-state index contributed by atoms with van der Waals surface area (Å²) >= 11 is 0. The van der Waals surface area contributed by atoms with Crippen molar-refractivity contribution in [2.24, 2.45) is 11.5 Å². The number of nitrogen functional groups attached to an aromatic ring is 2. The number of anilines is 2. The SMILES string of the molecule is CCCC(N)C(=O)NC1[C@@H](O)[C@@H](CO)O[C@H]1n1cc(O)c2c(N)ccnc21.Nc1ccnc2c1ncn2[C@@H]1O[C@H](CO)[C@H](O)C1NC(=O)C(N)CCCF. The largest absolute Gasteiger partial charge is 0.506 e. The van der Waals surface area contributed by atoms with Gasteiger partial charge in [-0.2, -0.15) is 0 Å². The van der Waals surface area contributed by atoms with Crippen LogP contribution in [0.4, 0.5) is 15.8 Å². The molecule has 0 saturated carbocycles. The Morgan fingerprint density at radius 2 is 1.41 bits per heavy atom. The van der Waals surface area contributed by atoms with Crippen molar-refractivity contribution >= 4 is 45.4 Å². The molecule has 296 valence electrons. The number of nitrogens with zero attached hydrogens (tertiary/aromatic N) is 5. The number of aliphatic hydroxyl groups excluding tert-OH is 4. The van der Waals surface area contributed by atoms with Gasteiger partial charge in [-0.05, 0) is 31.4 Å². The predicted octanol–water partition coefficient (Wildman–Crippen LogP) is -1.99. The molecule has 2 fully saturated rings. The molecule has 0 aliphatic carbocycles. The Morgan fingerprint density at radius 1 is 0.870 bits per heavy atom. The maximum absolute atomic E-state index is 12.4. The second kappa shape index (κ2) is 17.6. The zero-order chi connectivity index (χ0) is 39.3. The molecule has 54 heavy (non-hydrogen) atoms. The van der Waals surface area contributed by atoms with Crippen molar-refractivity contribution in [2.45, 2.75) is 93.6 Å². The molecule has 15 N–H and O–H groups in total. The minimum Gasteiger partial charge on any atom is -0.506 e. The number of halogens is 1. The standard InChI is InChI=1S/C17H25N5O5.C16H23FN6O4/c1-2-3-9(19)16(26)21-13-14(25)11(7-23)27-17(13)22-6-10(24)12-8(18)4-5-20-15(12)22;17-4-1-2-9(19)15(26)22-12-13(25)10(6-24)27-16(12)23-7-21-11-8(18)3-5-20-14(11)23/h4-6,9,11,13-14,17,23-25H,2-3,7,19H2,1H3,(H2,18,20)(H,21,26);3,5,7,9-10,12-13,16,24-25H,1-2,4,6,19H2,(H2,18,20)(H,22,26)/t9?,11-,13?,14+,17-;9?,10-,12?,13+,16-/m11/s1. The van der Waals surface area contributed by atoms with E-state index >= 15 is 0 Å². The molecule has 6 rings (SSSR count). The van der Waals surface area contributed by atoms with Gasteiger partial charge in [-0.1, -0.05) is 13.3 Å². The Hall–Kier alpha value is -4.74. The number of pyridine rings is 2. The van der Waals surface area contributed by atoms with Crippen LogP contribution in [-0.4, -0.2) is 130 Å². The molecule has 21 heteroatoms. The first-order valence-electron chi connectivity index (χ1n) is 17.4. The van der Waals surface area contributed by atoms with E-state index in [2.05, 4.69) is 25.6 Å².